The highest BCUT2D eigenvalue weighted by atomic mass is 16.5. The van der Waals surface area contributed by atoms with Crippen molar-refractivity contribution in [1.82, 2.24) is 15.0 Å². The number of methoxy groups -OCH3 is 1. The number of hydrazine groups is 1. The van der Waals surface area contributed by atoms with Crippen LogP contribution in [0, 0.1) is 0 Å². The maximum Gasteiger partial charge on any atom is 0.322 e. The Hall–Kier alpha value is -1.63. The molecule has 1 atom stereocenters. The molecule has 0 aromatic carbocycles. The topological polar surface area (TPSA) is 89.2 Å². The van der Waals surface area contributed by atoms with Gasteiger partial charge in [0.15, 0.2) is 0 Å². The molecule has 1 aromatic heterocycles. The number of hydrogen-bond donors (Lipinski definition) is 2. The second kappa shape index (κ2) is 5.81. The third-order valence-electron chi connectivity index (χ3n) is 3.22. The molecule has 2 heterocycles. The van der Waals surface area contributed by atoms with E-state index in [9.17, 15) is 0 Å². The summed E-state index contributed by atoms with van der Waals surface area (Å²) in [4.78, 5) is 14.8. The molecule has 0 bridgehead atoms. The quantitative estimate of drug-likeness (QED) is 0.611. The van der Waals surface area contributed by atoms with Gasteiger partial charge in [-0.15, -0.1) is 0 Å². The zero-order valence-corrected chi connectivity index (χ0v) is 10.9. The molecule has 1 aliphatic heterocycles. The van der Waals surface area contributed by atoms with E-state index in [1.54, 1.807) is 0 Å². The average molecular weight is 252 g/mol. The number of ether oxygens (including phenoxy) is 1. The van der Waals surface area contributed by atoms with Gasteiger partial charge < -0.3 is 9.64 Å². The van der Waals surface area contributed by atoms with Crippen LogP contribution in [0.15, 0.2) is 0 Å². The third kappa shape index (κ3) is 2.79. The van der Waals surface area contributed by atoms with Crippen LogP contribution in [0.4, 0.5) is 11.9 Å². The summed E-state index contributed by atoms with van der Waals surface area (Å²) in [5, 5.41) is 0. The van der Waals surface area contributed by atoms with Crippen molar-refractivity contribution in [2.24, 2.45) is 5.84 Å². The maximum absolute atomic E-state index is 5.36. The molecule has 1 unspecified atom stereocenters. The molecule has 7 nitrogen and oxygen atoms in total. The van der Waals surface area contributed by atoms with Gasteiger partial charge in [0, 0.05) is 12.6 Å². The Kier molecular flexibility index (Phi) is 4.14. The van der Waals surface area contributed by atoms with E-state index >= 15 is 0 Å². The van der Waals surface area contributed by atoms with Crippen molar-refractivity contribution in [1.29, 1.82) is 0 Å². The zero-order valence-electron chi connectivity index (χ0n) is 10.9. The molecule has 1 aromatic rings. The predicted octanol–water partition coefficient (Wildman–Crippen LogP) is 0.935. The van der Waals surface area contributed by atoms with Crippen LogP contribution in [-0.2, 0) is 0 Å². The number of hydrogen-bond acceptors (Lipinski definition) is 7. The van der Waals surface area contributed by atoms with E-state index in [4.69, 9.17) is 10.6 Å². The van der Waals surface area contributed by atoms with Gasteiger partial charge in [-0.1, -0.05) is 12.8 Å². The molecule has 1 saturated heterocycles. The van der Waals surface area contributed by atoms with Crippen molar-refractivity contribution in [3.05, 3.63) is 0 Å². The summed E-state index contributed by atoms with van der Waals surface area (Å²) in [5.74, 6) is 6.32. The fourth-order valence-corrected chi connectivity index (χ4v) is 2.20. The van der Waals surface area contributed by atoms with Crippen molar-refractivity contribution in [3.63, 3.8) is 0 Å². The highest BCUT2D eigenvalue weighted by molar-refractivity contribution is 5.38. The van der Waals surface area contributed by atoms with Crippen LogP contribution in [0.1, 0.15) is 32.6 Å². The van der Waals surface area contributed by atoms with Crippen molar-refractivity contribution in [3.8, 4) is 6.01 Å². The van der Waals surface area contributed by atoms with Gasteiger partial charge in [-0.25, -0.2) is 5.84 Å². The Morgan fingerprint density at radius 3 is 2.83 bits per heavy atom. The zero-order chi connectivity index (χ0) is 13.0. The minimum absolute atomic E-state index is 0.282. The van der Waals surface area contributed by atoms with E-state index in [-0.39, 0.29) is 6.01 Å². The number of nitrogens with two attached hydrogens (primary N) is 1. The second-order valence-electron chi connectivity index (χ2n) is 4.48. The lowest BCUT2D eigenvalue weighted by Crippen LogP contribution is -2.34. The molecule has 7 heteroatoms. The van der Waals surface area contributed by atoms with E-state index < -0.39 is 0 Å². The highest BCUT2D eigenvalue weighted by Crippen LogP contribution is 2.22. The van der Waals surface area contributed by atoms with Crippen LogP contribution in [0.5, 0.6) is 6.01 Å². The molecule has 0 radical (unpaired) electrons. The number of aromatic nitrogens is 3. The van der Waals surface area contributed by atoms with Crippen LogP contribution in [0.3, 0.4) is 0 Å². The first-order valence-corrected chi connectivity index (χ1v) is 6.28. The summed E-state index contributed by atoms with van der Waals surface area (Å²) in [6.07, 6.45) is 4.82. The molecule has 3 N–H and O–H groups in total. The SMILES string of the molecule is COc1nc(NN)nc(N2CCCCCC2C)n1. The Labute approximate surface area is 107 Å². The monoisotopic (exact) mass is 252 g/mol. The van der Waals surface area contributed by atoms with Crippen LogP contribution >= 0.6 is 0 Å². The summed E-state index contributed by atoms with van der Waals surface area (Å²) < 4.78 is 5.07. The first-order chi connectivity index (χ1) is 8.74. The number of nitrogen functional groups attached to an aromatic ring is 1. The third-order valence-corrected chi connectivity index (χ3v) is 3.22. The molecular formula is C11H20N6O. The lowest BCUT2D eigenvalue weighted by molar-refractivity contribution is 0.378. The van der Waals surface area contributed by atoms with Gasteiger partial charge >= 0.3 is 6.01 Å². The van der Waals surface area contributed by atoms with Crippen molar-refractivity contribution in [2.75, 3.05) is 24.0 Å². The molecule has 18 heavy (non-hydrogen) atoms. The number of anilines is 2. The van der Waals surface area contributed by atoms with Gasteiger partial charge in [-0.3, -0.25) is 5.43 Å². The lowest BCUT2D eigenvalue weighted by Gasteiger charge is -2.27. The fraction of sp³-hybridized carbons (Fsp3) is 0.727. The summed E-state index contributed by atoms with van der Waals surface area (Å²) in [7, 11) is 1.53. The summed E-state index contributed by atoms with van der Waals surface area (Å²) in [5.41, 5.74) is 2.44. The van der Waals surface area contributed by atoms with Crippen LogP contribution in [0.2, 0.25) is 0 Å². The van der Waals surface area contributed by atoms with Crippen molar-refractivity contribution < 1.29 is 4.74 Å². The van der Waals surface area contributed by atoms with Crippen molar-refractivity contribution >= 4 is 11.9 Å². The second-order valence-corrected chi connectivity index (χ2v) is 4.48. The summed E-state index contributed by atoms with van der Waals surface area (Å²) >= 11 is 0. The van der Waals surface area contributed by atoms with Gasteiger partial charge in [-0.05, 0) is 19.8 Å². The fourth-order valence-electron chi connectivity index (χ4n) is 2.20. The first kappa shape index (κ1) is 12.8. The van der Waals surface area contributed by atoms with E-state index in [1.165, 1.54) is 20.0 Å². The molecule has 0 spiro atoms. The number of rotatable bonds is 3. The van der Waals surface area contributed by atoms with Gasteiger partial charge in [-0.2, -0.15) is 15.0 Å². The Morgan fingerprint density at radius 2 is 2.11 bits per heavy atom. The molecule has 0 saturated carbocycles. The summed E-state index contributed by atoms with van der Waals surface area (Å²) in [6, 6.07) is 0.703. The van der Waals surface area contributed by atoms with E-state index in [0.717, 1.165) is 19.4 Å². The summed E-state index contributed by atoms with van der Waals surface area (Å²) in [6.45, 7) is 3.15. The molecule has 2 rings (SSSR count). The molecule has 0 aliphatic carbocycles. The highest BCUT2D eigenvalue weighted by Gasteiger charge is 2.21. The molecule has 1 aliphatic rings. The van der Waals surface area contributed by atoms with Crippen LogP contribution < -0.4 is 20.9 Å². The molecule has 0 amide bonds. The number of nitrogens with zero attached hydrogens (tertiary/aromatic N) is 4. The van der Waals surface area contributed by atoms with E-state index in [0.29, 0.717) is 17.9 Å². The van der Waals surface area contributed by atoms with Crippen LogP contribution in [0.25, 0.3) is 0 Å². The van der Waals surface area contributed by atoms with Gasteiger partial charge in [0.05, 0.1) is 7.11 Å². The van der Waals surface area contributed by atoms with Gasteiger partial charge in [0.2, 0.25) is 11.9 Å². The smallest absolute Gasteiger partial charge is 0.322 e. The Bertz CT molecular complexity index is 377. The molecular weight excluding hydrogens is 232 g/mol. The number of nitrogens with one attached hydrogen (secondary N) is 1. The average Bonchev–Trinajstić information content (AvgIpc) is 2.62. The normalized spacial score (nSPS) is 20.4. The lowest BCUT2D eigenvalue weighted by atomic mass is 10.1. The minimum Gasteiger partial charge on any atom is -0.467 e. The maximum atomic E-state index is 5.36. The largest absolute Gasteiger partial charge is 0.467 e. The molecule has 1 fully saturated rings. The molecule has 100 valence electrons. The first-order valence-electron chi connectivity index (χ1n) is 6.28. The van der Waals surface area contributed by atoms with Crippen molar-refractivity contribution in [2.45, 2.75) is 38.6 Å². The van der Waals surface area contributed by atoms with E-state index in [1.807, 2.05) is 0 Å². The van der Waals surface area contributed by atoms with Gasteiger partial charge in [0.1, 0.15) is 0 Å². The van der Waals surface area contributed by atoms with Gasteiger partial charge in [0.25, 0.3) is 0 Å². The Balaban J connectivity index is 2.29. The predicted molar refractivity (Wildman–Crippen MR) is 69.5 cm³/mol. The van der Waals surface area contributed by atoms with E-state index in [2.05, 4.69) is 32.2 Å². The van der Waals surface area contributed by atoms with Crippen LogP contribution in [-0.4, -0.2) is 34.6 Å². The Morgan fingerprint density at radius 1 is 1.28 bits per heavy atom. The standard InChI is InChI=1S/C11H20N6O/c1-8-6-4-3-5-7-17(8)10-13-9(16-12)14-11(15-10)18-2/h8H,3-7,12H2,1-2H3,(H,13,14,15,16). The minimum atomic E-state index is 0.282.